The number of carbonyl (C=O) groups excluding carboxylic acids is 1. The molecule has 0 unspecified atom stereocenters. The SMILES string of the molecule is CCOC(=O)CCC1(/C=C/O[Si](C)(C)C)CCC(C(C)(C)C)CC1. The molecule has 0 spiro atoms. The molecule has 0 bridgehead atoms. The molecule has 140 valence electrons. The van der Waals surface area contributed by atoms with Crippen molar-refractivity contribution in [3.05, 3.63) is 12.3 Å². The molecule has 1 fully saturated rings. The maximum absolute atomic E-state index is 11.8. The molecule has 0 heterocycles. The first kappa shape index (κ1) is 21.3. The van der Waals surface area contributed by atoms with E-state index in [1.165, 1.54) is 12.8 Å². The normalized spacial score (nSPS) is 25.7. The fourth-order valence-corrected chi connectivity index (χ4v) is 4.00. The van der Waals surface area contributed by atoms with E-state index in [0.29, 0.717) is 18.4 Å². The largest absolute Gasteiger partial charge is 0.550 e. The lowest BCUT2D eigenvalue weighted by molar-refractivity contribution is -0.143. The Morgan fingerprint density at radius 3 is 2.25 bits per heavy atom. The van der Waals surface area contributed by atoms with Crippen molar-refractivity contribution in [2.75, 3.05) is 6.61 Å². The van der Waals surface area contributed by atoms with Crippen LogP contribution in [0.4, 0.5) is 0 Å². The first-order chi connectivity index (χ1) is 11.0. The summed E-state index contributed by atoms with van der Waals surface area (Å²) in [5, 5.41) is 0. The summed E-state index contributed by atoms with van der Waals surface area (Å²) in [6, 6.07) is 0. The number of rotatable bonds is 7. The quantitative estimate of drug-likeness (QED) is 0.323. The summed E-state index contributed by atoms with van der Waals surface area (Å²) in [5.41, 5.74) is 0.458. The first-order valence-corrected chi connectivity index (χ1v) is 12.9. The van der Waals surface area contributed by atoms with Gasteiger partial charge in [-0.1, -0.05) is 20.8 Å². The second-order valence-corrected chi connectivity index (χ2v) is 13.8. The van der Waals surface area contributed by atoms with Crippen LogP contribution in [0.1, 0.15) is 66.2 Å². The number of hydrogen-bond donors (Lipinski definition) is 0. The zero-order valence-corrected chi connectivity index (χ0v) is 17.9. The zero-order valence-electron chi connectivity index (χ0n) is 16.9. The van der Waals surface area contributed by atoms with Crippen LogP contribution in [0.5, 0.6) is 0 Å². The average molecular weight is 355 g/mol. The van der Waals surface area contributed by atoms with Gasteiger partial charge in [-0.05, 0) is 81.5 Å². The van der Waals surface area contributed by atoms with Crippen LogP contribution >= 0.6 is 0 Å². The van der Waals surface area contributed by atoms with E-state index < -0.39 is 8.32 Å². The van der Waals surface area contributed by atoms with E-state index >= 15 is 0 Å². The summed E-state index contributed by atoms with van der Waals surface area (Å²) in [5.74, 6) is 0.689. The van der Waals surface area contributed by atoms with Crippen molar-refractivity contribution in [3.8, 4) is 0 Å². The fraction of sp³-hybridized carbons (Fsp3) is 0.850. The van der Waals surface area contributed by atoms with E-state index in [-0.39, 0.29) is 11.4 Å². The molecular formula is C20H38O3Si. The van der Waals surface area contributed by atoms with Gasteiger partial charge in [0.2, 0.25) is 8.32 Å². The monoisotopic (exact) mass is 354 g/mol. The van der Waals surface area contributed by atoms with Crippen LogP contribution in [0.25, 0.3) is 0 Å². The lowest BCUT2D eigenvalue weighted by Gasteiger charge is -2.43. The third kappa shape index (κ3) is 7.41. The number of carbonyl (C=O) groups is 1. The Hall–Kier alpha value is -0.773. The number of esters is 1. The third-order valence-corrected chi connectivity index (χ3v) is 6.02. The van der Waals surface area contributed by atoms with Gasteiger partial charge in [-0.25, -0.2) is 0 Å². The van der Waals surface area contributed by atoms with E-state index in [0.717, 1.165) is 25.2 Å². The third-order valence-electron chi connectivity index (χ3n) is 5.18. The molecule has 0 aromatic heterocycles. The van der Waals surface area contributed by atoms with E-state index in [1.807, 2.05) is 13.2 Å². The molecule has 0 atom stereocenters. The summed E-state index contributed by atoms with van der Waals surface area (Å²) in [4.78, 5) is 11.8. The molecule has 1 saturated carbocycles. The Labute approximate surface area is 150 Å². The van der Waals surface area contributed by atoms with Gasteiger partial charge in [-0.2, -0.15) is 0 Å². The van der Waals surface area contributed by atoms with Gasteiger partial charge < -0.3 is 9.16 Å². The summed E-state index contributed by atoms with van der Waals surface area (Å²) in [7, 11) is -1.55. The highest BCUT2D eigenvalue weighted by Gasteiger charge is 2.37. The minimum absolute atomic E-state index is 0.0747. The standard InChI is InChI=1S/C20H38O3Si/c1-8-22-18(21)11-14-20(15-16-23-24(5,6)7)12-9-17(10-13-20)19(2,3)4/h15-17H,8-14H2,1-7H3/b16-15+. The second kappa shape index (κ2) is 8.55. The minimum atomic E-state index is -1.55. The van der Waals surface area contributed by atoms with Gasteiger partial charge in [0.1, 0.15) is 0 Å². The van der Waals surface area contributed by atoms with Crippen LogP contribution in [-0.2, 0) is 14.0 Å². The van der Waals surface area contributed by atoms with Crippen molar-refractivity contribution < 1.29 is 14.0 Å². The molecule has 1 rings (SSSR count). The van der Waals surface area contributed by atoms with Crippen LogP contribution in [0, 0.1) is 16.7 Å². The second-order valence-electron chi connectivity index (χ2n) is 9.34. The Balaban J connectivity index is 2.75. The predicted molar refractivity (Wildman–Crippen MR) is 103 cm³/mol. The number of allylic oxidation sites excluding steroid dienone is 1. The molecule has 1 aliphatic carbocycles. The lowest BCUT2D eigenvalue weighted by atomic mass is 9.63. The van der Waals surface area contributed by atoms with Crippen molar-refractivity contribution in [2.24, 2.45) is 16.7 Å². The van der Waals surface area contributed by atoms with Gasteiger partial charge in [-0.3, -0.25) is 4.79 Å². The number of hydrogen-bond acceptors (Lipinski definition) is 3. The Kier molecular flexibility index (Phi) is 7.58. The van der Waals surface area contributed by atoms with Gasteiger partial charge in [0.05, 0.1) is 12.9 Å². The zero-order chi connectivity index (χ0) is 18.4. The molecule has 24 heavy (non-hydrogen) atoms. The maximum atomic E-state index is 11.8. The van der Waals surface area contributed by atoms with Crippen molar-refractivity contribution in [3.63, 3.8) is 0 Å². The summed E-state index contributed by atoms with van der Waals surface area (Å²) in [6.07, 6.45) is 10.3. The van der Waals surface area contributed by atoms with Gasteiger partial charge >= 0.3 is 5.97 Å². The lowest BCUT2D eigenvalue weighted by Crippen LogP contribution is -2.32. The number of ether oxygens (including phenoxy) is 1. The van der Waals surface area contributed by atoms with Gasteiger partial charge in [0.25, 0.3) is 0 Å². The molecule has 0 aromatic rings. The highest BCUT2D eigenvalue weighted by Crippen LogP contribution is 2.48. The Bertz CT molecular complexity index is 421. The average Bonchev–Trinajstić information content (AvgIpc) is 2.44. The summed E-state index contributed by atoms with van der Waals surface area (Å²) in [6.45, 7) is 15.9. The molecule has 0 saturated heterocycles. The summed E-state index contributed by atoms with van der Waals surface area (Å²) >= 11 is 0. The molecule has 0 aliphatic heterocycles. The molecule has 0 aromatic carbocycles. The molecule has 1 aliphatic rings. The molecule has 0 N–H and O–H groups in total. The van der Waals surface area contributed by atoms with Crippen LogP contribution in [0.2, 0.25) is 19.6 Å². The van der Waals surface area contributed by atoms with E-state index in [4.69, 9.17) is 9.16 Å². The van der Waals surface area contributed by atoms with Crippen molar-refractivity contribution in [2.45, 2.75) is 85.9 Å². The molecule has 4 heteroatoms. The van der Waals surface area contributed by atoms with Crippen LogP contribution in [0.15, 0.2) is 12.3 Å². The molecule has 0 radical (unpaired) electrons. The highest BCUT2D eigenvalue weighted by atomic mass is 28.4. The van der Waals surface area contributed by atoms with Crippen LogP contribution < -0.4 is 0 Å². The van der Waals surface area contributed by atoms with Crippen molar-refractivity contribution >= 4 is 14.3 Å². The Morgan fingerprint density at radius 2 is 1.79 bits per heavy atom. The highest BCUT2D eigenvalue weighted by molar-refractivity contribution is 6.69. The van der Waals surface area contributed by atoms with Gasteiger partial charge in [0, 0.05) is 6.42 Å². The first-order valence-electron chi connectivity index (χ1n) is 9.49. The molecular weight excluding hydrogens is 316 g/mol. The molecule has 3 nitrogen and oxygen atoms in total. The van der Waals surface area contributed by atoms with Gasteiger partial charge in [-0.15, -0.1) is 0 Å². The van der Waals surface area contributed by atoms with Crippen molar-refractivity contribution in [1.82, 2.24) is 0 Å². The topological polar surface area (TPSA) is 35.5 Å². The molecule has 0 amide bonds. The maximum Gasteiger partial charge on any atom is 0.305 e. The van der Waals surface area contributed by atoms with E-state index in [1.54, 1.807) is 0 Å². The summed E-state index contributed by atoms with van der Waals surface area (Å²) < 4.78 is 11.1. The minimum Gasteiger partial charge on any atom is -0.550 e. The Morgan fingerprint density at radius 1 is 1.21 bits per heavy atom. The van der Waals surface area contributed by atoms with Crippen LogP contribution in [0.3, 0.4) is 0 Å². The van der Waals surface area contributed by atoms with Gasteiger partial charge in [0.15, 0.2) is 0 Å². The van der Waals surface area contributed by atoms with Crippen LogP contribution in [-0.4, -0.2) is 20.9 Å². The smallest absolute Gasteiger partial charge is 0.305 e. The fourth-order valence-electron chi connectivity index (χ4n) is 3.53. The van der Waals surface area contributed by atoms with E-state index in [2.05, 4.69) is 46.5 Å². The van der Waals surface area contributed by atoms with E-state index in [9.17, 15) is 4.79 Å². The predicted octanol–water partition coefficient (Wildman–Crippen LogP) is 5.92. The van der Waals surface area contributed by atoms with Crippen molar-refractivity contribution in [1.29, 1.82) is 0 Å².